The normalized spacial score (nSPS) is 12.9. The fraction of sp³-hybridized carbons (Fsp3) is 0.308. The van der Waals surface area contributed by atoms with Crippen LogP contribution in [0.4, 0.5) is 0 Å². The van der Waals surface area contributed by atoms with Gasteiger partial charge in [-0.25, -0.2) is 0 Å². The van der Waals surface area contributed by atoms with Crippen LogP contribution >= 0.6 is 11.8 Å². The summed E-state index contributed by atoms with van der Waals surface area (Å²) in [7, 11) is 0. The first-order valence-corrected chi connectivity index (χ1v) is 6.50. The lowest BCUT2D eigenvalue weighted by atomic mass is 10.1. The Kier molecular flexibility index (Phi) is 3.80. The second-order valence-corrected chi connectivity index (χ2v) is 5.31. The number of hydrogen-bond acceptors (Lipinski definition) is 3. The summed E-state index contributed by atoms with van der Waals surface area (Å²) in [6.07, 6.45) is 1.83. The number of pyridine rings is 1. The molecule has 1 aromatic carbocycles. The molecular weight excluding hydrogens is 216 g/mol. The smallest absolute Gasteiger partial charge is 0.0702 e. The Labute approximate surface area is 100 Å². The number of nitrogens with zero attached hydrogens (tertiary/aromatic N) is 1. The van der Waals surface area contributed by atoms with Crippen LogP contribution in [0.25, 0.3) is 10.9 Å². The summed E-state index contributed by atoms with van der Waals surface area (Å²) in [5.74, 6) is 1.02. The molecule has 0 amide bonds. The maximum Gasteiger partial charge on any atom is 0.0702 e. The van der Waals surface area contributed by atoms with Crippen molar-refractivity contribution in [2.24, 2.45) is 5.73 Å². The molecule has 16 heavy (non-hydrogen) atoms. The molecule has 2 rings (SSSR count). The van der Waals surface area contributed by atoms with Crippen LogP contribution in [0.3, 0.4) is 0 Å². The molecule has 84 valence electrons. The lowest BCUT2D eigenvalue weighted by Gasteiger charge is -2.08. The molecule has 1 atom stereocenters. The van der Waals surface area contributed by atoms with Crippen molar-refractivity contribution in [2.75, 3.05) is 6.54 Å². The highest BCUT2D eigenvalue weighted by atomic mass is 32.2. The molecule has 0 bridgehead atoms. The number of hydrogen-bond donors (Lipinski definition) is 1. The van der Waals surface area contributed by atoms with E-state index in [1.165, 1.54) is 10.9 Å². The monoisotopic (exact) mass is 232 g/mol. The summed E-state index contributed by atoms with van der Waals surface area (Å²) in [5, 5.41) is 1.73. The van der Waals surface area contributed by atoms with Crippen molar-refractivity contribution in [3.05, 3.63) is 42.1 Å². The third-order valence-corrected chi connectivity index (χ3v) is 3.80. The van der Waals surface area contributed by atoms with Crippen molar-refractivity contribution < 1.29 is 0 Å². The van der Waals surface area contributed by atoms with Crippen LogP contribution in [-0.2, 0) is 5.75 Å². The minimum atomic E-state index is 0.518. The summed E-state index contributed by atoms with van der Waals surface area (Å²) >= 11 is 1.89. The van der Waals surface area contributed by atoms with Gasteiger partial charge in [0.25, 0.3) is 0 Å². The zero-order valence-electron chi connectivity index (χ0n) is 9.39. The zero-order valence-corrected chi connectivity index (χ0v) is 10.2. The van der Waals surface area contributed by atoms with Gasteiger partial charge in [-0.2, -0.15) is 11.8 Å². The van der Waals surface area contributed by atoms with Gasteiger partial charge in [0.05, 0.1) is 5.52 Å². The van der Waals surface area contributed by atoms with Gasteiger partial charge in [0, 0.05) is 29.1 Å². The highest BCUT2D eigenvalue weighted by molar-refractivity contribution is 7.99. The number of nitrogens with two attached hydrogens (primary N) is 1. The van der Waals surface area contributed by atoms with Crippen molar-refractivity contribution in [3.8, 4) is 0 Å². The molecule has 2 nitrogen and oxygen atoms in total. The second-order valence-electron chi connectivity index (χ2n) is 3.89. The average molecular weight is 232 g/mol. The third-order valence-electron chi connectivity index (χ3n) is 2.53. The molecule has 0 aliphatic rings. The van der Waals surface area contributed by atoms with E-state index in [1.54, 1.807) is 0 Å². The topological polar surface area (TPSA) is 38.9 Å². The van der Waals surface area contributed by atoms with Gasteiger partial charge in [-0.15, -0.1) is 0 Å². The maximum atomic E-state index is 5.60. The first-order chi connectivity index (χ1) is 7.79. The fourth-order valence-corrected chi connectivity index (χ4v) is 2.31. The van der Waals surface area contributed by atoms with E-state index in [-0.39, 0.29) is 0 Å². The van der Waals surface area contributed by atoms with Crippen LogP contribution in [0.1, 0.15) is 12.5 Å². The molecule has 2 N–H and O–H groups in total. The van der Waals surface area contributed by atoms with Crippen molar-refractivity contribution in [1.82, 2.24) is 4.98 Å². The average Bonchev–Trinajstić information content (AvgIpc) is 2.35. The predicted molar refractivity (Wildman–Crippen MR) is 71.6 cm³/mol. The molecular formula is C13H16N2S. The molecule has 0 aliphatic carbocycles. The number of rotatable bonds is 4. The van der Waals surface area contributed by atoms with Crippen molar-refractivity contribution in [3.63, 3.8) is 0 Å². The largest absolute Gasteiger partial charge is 0.329 e. The third kappa shape index (κ3) is 2.74. The van der Waals surface area contributed by atoms with Gasteiger partial charge in [0.2, 0.25) is 0 Å². The van der Waals surface area contributed by atoms with Gasteiger partial charge in [0.15, 0.2) is 0 Å². The van der Waals surface area contributed by atoms with E-state index >= 15 is 0 Å². The van der Waals surface area contributed by atoms with Gasteiger partial charge < -0.3 is 5.73 Å². The van der Waals surface area contributed by atoms with Gasteiger partial charge in [-0.1, -0.05) is 19.1 Å². The number of benzene rings is 1. The first-order valence-electron chi connectivity index (χ1n) is 5.45. The Morgan fingerprint density at radius 1 is 1.38 bits per heavy atom. The highest BCUT2D eigenvalue weighted by Gasteiger charge is 2.01. The lowest BCUT2D eigenvalue weighted by molar-refractivity contribution is 0.951. The van der Waals surface area contributed by atoms with E-state index in [2.05, 4.69) is 36.2 Å². The summed E-state index contributed by atoms with van der Waals surface area (Å²) in [6, 6.07) is 10.5. The molecule has 0 saturated heterocycles. The summed E-state index contributed by atoms with van der Waals surface area (Å²) in [4.78, 5) is 4.31. The Bertz CT molecular complexity index is 470. The van der Waals surface area contributed by atoms with E-state index in [4.69, 9.17) is 5.73 Å². The molecule has 0 spiro atoms. The van der Waals surface area contributed by atoms with Crippen LogP contribution in [0, 0.1) is 0 Å². The van der Waals surface area contributed by atoms with Crippen molar-refractivity contribution in [2.45, 2.75) is 17.9 Å². The Morgan fingerprint density at radius 3 is 3.06 bits per heavy atom. The first kappa shape index (κ1) is 11.4. The minimum Gasteiger partial charge on any atom is -0.329 e. The molecule has 0 aliphatic heterocycles. The van der Waals surface area contributed by atoms with E-state index in [1.807, 2.05) is 24.0 Å². The van der Waals surface area contributed by atoms with Crippen molar-refractivity contribution in [1.29, 1.82) is 0 Å². The molecule has 0 fully saturated rings. The standard InChI is InChI=1S/C13H16N2S/c1-10(8-14)16-9-11-4-5-13-12(7-11)3-2-6-15-13/h2-7,10H,8-9,14H2,1H3. The summed E-state index contributed by atoms with van der Waals surface area (Å²) in [6.45, 7) is 2.90. The maximum absolute atomic E-state index is 5.60. The number of thioether (sulfide) groups is 1. The predicted octanol–water partition coefficient (Wildman–Crippen LogP) is 2.82. The van der Waals surface area contributed by atoms with E-state index in [9.17, 15) is 0 Å². The molecule has 1 aromatic heterocycles. The summed E-state index contributed by atoms with van der Waals surface area (Å²) in [5.41, 5.74) is 7.99. The van der Waals surface area contributed by atoms with Crippen molar-refractivity contribution >= 4 is 22.7 Å². The lowest BCUT2D eigenvalue weighted by Crippen LogP contribution is -2.12. The Morgan fingerprint density at radius 2 is 2.25 bits per heavy atom. The Balaban J connectivity index is 2.13. The number of aromatic nitrogens is 1. The van der Waals surface area contributed by atoms with Gasteiger partial charge in [-0.3, -0.25) is 4.98 Å². The molecule has 0 saturated carbocycles. The van der Waals surface area contributed by atoms with Crippen LogP contribution < -0.4 is 5.73 Å². The molecule has 1 heterocycles. The van der Waals surface area contributed by atoms with Crippen LogP contribution in [0.5, 0.6) is 0 Å². The van der Waals surface area contributed by atoms with Crippen LogP contribution in [0.2, 0.25) is 0 Å². The van der Waals surface area contributed by atoms with E-state index in [0.717, 1.165) is 17.8 Å². The quantitative estimate of drug-likeness (QED) is 0.881. The molecule has 3 heteroatoms. The van der Waals surface area contributed by atoms with E-state index < -0.39 is 0 Å². The van der Waals surface area contributed by atoms with Crippen LogP contribution in [0.15, 0.2) is 36.5 Å². The van der Waals surface area contributed by atoms with Gasteiger partial charge >= 0.3 is 0 Å². The highest BCUT2D eigenvalue weighted by Crippen LogP contribution is 2.20. The molecule has 0 radical (unpaired) electrons. The molecule has 1 unspecified atom stereocenters. The minimum absolute atomic E-state index is 0.518. The Hall–Kier alpha value is -1.06. The SMILES string of the molecule is CC(CN)SCc1ccc2ncccc2c1. The zero-order chi connectivity index (χ0) is 11.4. The summed E-state index contributed by atoms with van der Waals surface area (Å²) < 4.78 is 0. The van der Waals surface area contributed by atoms with Gasteiger partial charge in [-0.05, 0) is 23.8 Å². The fourth-order valence-electron chi connectivity index (χ4n) is 1.52. The van der Waals surface area contributed by atoms with Crippen LogP contribution in [-0.4, -0.2) is 16.8 Å². The van der Waals surface area contributed by atoms with E-state index in [0.29, 0.717) is 5.25 Å². The van der Waals surface area contributed by atoms with Gasteiger partial charge in [0.1, 0.15) is 0 Å². The number of fused-ring (bicyclic) bond motifs is 1. The second kappa shape index (κ2) is 5.32. The molecule has 2 aromatic rings.